The van der Waals surface area contributed by atoms with Crippen LogP contribution in [-0.2, 0) is 4.79 Å². The Labute approximate surface area is 141 Å². The molecule has 0 aromatic carbocycles. The van der Waals surface area contributed by atoms with Crippen molar-refractivity contribution < 1.29 is 4.79 Å². The Morgan fingerprint density at radius 3 is 2.09 bits per heavy atom. The zero-order valence-electron chi connectivity index (χ0n) is 14.8. The van der Waals surface area contributed by atoms with Gasteiger partial charge in [0.1, 0.15) is 0 Å². The molecule has 0 spiro atoms. The van der Waals surface area contributed by atoms with E-state index in [1.54, 1.807) is 0 Å². The van der Waals surface area contributed by atoms with Crippen molar-refractivity contribution in [3.63, 3.8) is 0 Å². The number of hydrogen-bond acceptors (Lipinski definition) is 2. The molecule has 0 aliphatic heterocycles. The summed E-state index contributed by atoms with van der Waals surface area (Å²) < 4.78 is 0. The lowest BCUT2D eigenvalue weighted by Crippen LogP contribution is -2.28. The summed E-state index contributed by atoms with van der Waals surface area (Å²) in [6, 6.07) is -0.636. The van der Waals surface area contributed by atoms with E-state index < -0.39 is 11.9 Å². The van der Waals surface area contributed by atoms with Crippen LogP contribution in [0.2, 0.25) is 0 Å². The van der Waals surface area contributed by atoms with Crippen molar-refractivity contribution in [2.45, 2.75) is 96.4 Å². The molecule has 0 aromatic heterocycles. The third-order valence-electron chi connectivity index (χ3n) is 3.99. The van der Waals surface area contributed by atoms with E-state index in [4.69, 9.17) is 11.3 Å². The van der Waals surface area contributed by atoms with E-state index in [1.807, 2.05) is 0 Å². The van der Waals surface area contributed by atoms with Crippen molar-refractivity contribution in [3.05, 3.63) is 22.6 Å². The standard InChI is InChI=1S/C18H34N4O/c1-2-3-4-5-6-7-8-9-10-11-12-13-14-15-16-17(19)18(23)21-22-20/h9-10,17H,2-8,11-16,19H2,1H3/b10-9-. The predicted molar refractivity (Wildman–Crippen MR) is 97.0 cm³/mol. The van der Waals surface area contributed by atoms with E-state index in [-0.39, 0.29) is 0 Å². The molecule has 132 valence electrons. The Kier molecular flexibility index (Phi) is 16.1. The number of nitrogens with zero attached hydrogens (tertiary/aromatic N) is 3. The first-order chi connectivity index (χ1) is 11.2. The summed E-state index contributed by atoms with van der Waals surface area (Å²) in [6.07, 6.45) is 20.0. The van der Waals surface area contributed by atoms with Gasteiger partial charge in [0.25, 0.3) is 0 Å². The van der Waals surface area contributed by atoms with Crippen LogP contribution in [0.5, 0.6) is 0 Å². The Balaban J connectivity index is 3.31. The smallest absolute Gasteiger partial charge is 0.235 e. The molecule has 0 heterocycles. The van der Waals surface area contributed by atoms with Crippen molar-refractivity contribution in [2.75, 3.05) is 0 Å². The number of unbranched alkanes of at least 4 members (excludes halogenated alkanes) is 10. The maximum atomic E-state index is 11.2. The molecule has 0 aromatic rings. The van der Waals surface area contributed by atoms with Gasteiger partial charge in [-0.1, -0.05) is 70.4 Å². The first kappa shape index (κ1) is 21.7. The second kappa shape index (κ2) is 17.0. The minimum Gasteiger partial charge on any atom is -0.321 e. The van der Waals surface area contributed by atoms with Crippen LogP contribution in [0.25, 0.3) is 10.4 Å². The summed E-state index contributed by atoms with van der Waals surface area (Å²) in [5.74, 6) is -0.551. The van der Waals surface area contributed by atoms with Gasteiger partial charge in [-0.3, -0.25) is 4.79 Å². The number of amides is 1. The van der Waals surface area contributed by atoms with E-state index >= 15 is 0 Å². The van der Waals surface area contributed by atoms with Crippen LogP contribution < -0.4 is 5.73 Å². The molecule has 0 saturated carbocycles. The fourth-order valence-electron chi connectivity index (χ4n) is 2.50. The highest BCUT2D eigenvalue weighted by atomic mass is 16.2. The van der Waals surface area contributed by atoms with E-state index in [9.17, 15) is 4.79 Å². The third-order valence-corrected chi connectivity index (χ3v) is 3.99. The van der Waals surface area contributed by atoms with E-state index in [1.165, 1.54) is 51.4 Å². The molecular weight excluding hydrogens is 288 g/mol. The maximum Gasteiger partial charge on any atom is 0.235 e. The van der Waals surface area contributed by atoms with Crippen molar-refractivity contribution in [1.29, 1.82) is 0 Å². The highest BCUT2D eigenvalue weighted by Crippen LogP contribution is 2.10. The van der Waals surface area contributed by atoms with Crippen LogP contribution in [0.15, 0.2) is 17.3 Å². The molecule has 1 atom stereocenters. The van der Waals surface area contributed by atoms with Gasteiger partial charge < -0.3 is 5.73 Å². The summed E-state index contributed by atoms with van der Waals surface area (Å²) >= 11 is 0. The van der Waals surface area contributed by atoms with Gasteiger partial charge in [0.15, 0.2) is 0 Å². The van der Waals surface area contributed by atoms with E-state index in [0.717, 1.165) is 25.7 Å². The number of nitrogens with two attached hydrogens (primary N) is 1. The van der Waals surface area contributed by atoms with Crippen LogP contribution in [-0.4, -0.2) is 11.9 Å². The van der Waals surface area contributed by atoms with Gasteiger partial charge in [-0.25, -0.2) is 0 Å². The number of allylic oxidation sites excluding steroid dienone is 2. The Hall–Kier alpha value is -1.32. The average Bonchev–Trinajstić information content (AvgIpc) is 2.55. The molecule has 1 unspecified atom stereocenters. The largest absolute Gasteiger partial charge is 0.321 e. The lowest BCUT2D eigenvalue weighted by molar-refractivity contribution is -0.119. The van der Waals surface area contributed by atoms with E-state index in [2.05, 4.69) is 29.1 Å². The summed E-state index contributed by atoms with van der Waals surface area (Å²) in [5, 5.41) is 3.02. The Morgan fingerprint density at radius 1 is 1.00 bits per heavy atom. The number of hydrogen-bond donors (Lipinski definition) is 1. The van der Waals surface area contributed by atoms with Crippen LogP contribution in [0.4, 0.5) is 0 Å². The highest BCUT2D eigenvalue weighted by molar-refractivity contribution is 5.82. The maximum absolute atomic E-state index is 11.2. The van der Waals surface area contributed by atoms with Gasteiger partial charge >= 0.3 is 0 Å². The molecule has 5 heteroatoms. The fraction of sp³-hybridized carbons (Fsp3) is 0.833. The number of rotatable bonds is 15. The second-order valence-corrected chi connectivity index (χ2v) is 6.15. The third kappa shape index (κ3) is 15.4. The van der Waals surface area contributed by atoms with Crippen LogP contribution >= 0.6 is 0 Å². The molecule has 0 saturated heterocycles. The molecule has 0 bridgehead atoms. The Bertz CT molecular complexity index is 362. The summed E-state index contributed by atoms with van der Waals surface area (Å²) in [5.41, 5.74) is 13.8. The zero-order chi connectivity index (χ0) is 17.2. The topological polar surface area (TPSA) is 91.9 Å². The van der Waals surface area contributed by atoms with Gasteiger partial charge in [0.05, 0.1) is 6.04 Å². The monoisotopic (exact) mass is 322 g/mol. The molecule has 0 aliphatic rings. The molecule has 5 nitrogen and oxygen atoms in total. The minimum atomic E-state index is -0.636. The lowest BCUT2D eigenvalue weighted by Gasteiger charge is -2.06. The number of azide groups is 1. The van der Waals surface area contributed by atoms with Crippen molar-refractivity contribution >= 4 is 5.91 Å². The van der Waals surface area contributed by atoms with Crippen LogP contribution in [0.3, 0.4) is 0 Å². The molecular formula is C18H34N4O. The van der Waals surface area contributed by atoms with Gasteiger partial charge in [0.2, 0.25) is 5.91 Å². The van der Waals surface area contributed by atoms with Crippen molar-refractivity contribution in [3.8, 4) is 0 Å². The highest BCUT2D eigenvalue weighted by Gasteiger charge is 2.10. The van der Waals surface area contributed by atoms with Gasteiger partial charge in [-0.05, 0) is 42.7 Å². The van der Waals surface area contributed by atoms with E-state index in [0.29, 0.717) is 6.42 Å². The summed E-state index contributed by atoms with van der Waals surface area (Å²) in [7, 11) is 0. The molecule has 1 amide bonds. The Morgan fingerprint density at radius 2 is 1.52 bits per heavy atom. The summed E-state index contributed by atoms with van der Waals surface area (Å²) in [4.78, 5) is 13.6. The molecule has 23 heavy (non-hydrogen) atoms. The summed E-state index contributed by atoms with van der Waals surface area (Å²) in [6.45, 7) is 2.25. The van der Waals surface area contributed by atoms with Gasteiger partial charge in [-0.2, -0.15) is 0 Å². The lowest BCUT2D eigenvalue weighted by atomic mass is 10.1. The predicted octanol–water partition coefficient (Wildman–Crippen LogP) is 5.80. The van der Waals surface area contributed by atoms with Crippen molar-refractivity contribution in [1.82, 2.24) is 0 Å². The van der Waals surface area contributed by atoms with Crippen molar-refractivity contribution in [2.24, 2.45) is 10.8 Å². The first-order valence-corrected chi connectivity index (χ1v) is 9.21. The molecule has 0 radical (unpaired) electrons. The second-order valence-electron chi connectivity index (χ2n) is 6.15. The SMILES string of the molecule is CCCCCCCC/C=C\CCCCCCC(N)C(=O)N=[N+]=[N-]. The molecule has 0 fully saturated rings. The molecule has 0 rings (SSSR count). The quantitative estimate of drug-likeness (QED) is 0.136. The van der Waals surface area contributed by atoms with Crippen LogP contribution in [0, 0.1) is 0 Å². The zero-order valence-corrected chi connectivity index (χ0v) is 14.8. The molecule has 0 aliphatic carbocycles. The number of carbonyl (C=O) groups is 1. The van der Waals surface area contributed by atoms with Crippen LogP contribution in [0.1, 0.15) is 90.4 Å². The molecule has 2 N–H and O–H groups in total. The average molecular weight is 322 g/mol. The van der Waals surface area contributed by atoms with Gasteiger partial charge in [-0.15, -0.1) is 0 Å². The van der Waals surface area contributed by atoms with Gasteiger partial charge in [0, 0.05) is 4.91 Å². The minimum absolute atomic E-state index is 0.551. The number of carbonyl (C=O) groups excluding carboxylic acids is 1. The fourth-order valence-corrected chi connectivity index (χ4v) is 2.50. The normalized spacial score (nSPS) is 12.3. The first-order valence-electron chi connectivity index (χ1n) is 9.21.